The fraction of sp³-hybridized carbons (Fsp3) is 0.923. The van der Waals surface area contributed by atoms with Gasteiger partial charge in [0, 0.05) is 45.8 Å². The van der Waals surface area contributed by atoms with E-state index >= 15 is 0 Å². The Hall–Kier alpha value is -0.130. The van der Waals surface area contributed by atoms with E-state index in [1.165, 1.54) is 6.26 Å². The third kappa shape index (κ3) is 9.11. The average Bonchev–Trinajstić information content (AvgIpc) is 2.85. The number of aliphatic imine (C=N–C) groups is 1. The lowest BCUT2D eigenvalue weighted by molar-refractivity contribution is 0.157. The highest BCUT2D eigenvalue weighted by atomic mass is 127. The second-order valence-corrected chi connectivity index (χ2v) is 7.14. The molecule has 1 heterocycles. The van der Waals surface area contributed by atoms with Gasteiger partial charge in [-0.05, 0) is 19.8 Å². The number of sulfonamides is 1. The second kappa shape index (κ2) is 11.4. The molecule has 1 rings (SSSR count). The second-order valence-electron chi connectivity index (χ2n) is 5.31. The van der Waals surface area contributed by atoms with Gasteiger partial charge in [0.05, 0.1) is 12.9 Å². The van der Waals surface area contributed by atoms with Crippen molar-refractivity contribution in [2.75, 3.05) is 52.7 Å². The maximum atomic E-state index is 11.0. The number of halogens is 1. The van der Waals surface area contributed by atoms with Crippen LogP contribution >= 0.6 is 24.0 Å². The highest BCUT2D eigenvalue weighted by molar-refractivity contribution is 14.0. The third-order valence-electron chi connectivity index (χ3n) is 3.28. The van der Waals surface area contributed by atoms with E-state index in [1.807, 2.05) is 6.92 Å². The number of nitrogens with one attached hydrogen (secondary N) is 2. The highest BCUT2D eigenvalue weighted by Gasteiger charge is 2.24. The van der Waals surface area contributed by atoms with Gasteiger partial charge in [-0.15, -0.1) is 24.0 Å². The van der Waals surface area contributed by atoms with E-state index < -0.39 is 10.0 Å². The zero-order valence-corrected chi connectivity index (χ0v) is 16.8. The Morgan fingerprint density at radius 3 is 2.77 bits per heavy atom. The summed E-state index contributed by atoms with van der Waals surface area (Å²) in [5, 5.41) is 3.29. The van der Waals surface area contributed by atoms with Gasteiger partial charge in [0.1, 0.15) is 0 Å². The molecule has 1 aliphatic heterocycles. The van der Waals surface area contributed by atoms with Gasteiger partial charge < -0.3 is 15.0 Å². The summed E-state index contributed by atoms with van der Waals surface area (Å²) in [6.07, 6.45) is 2.98. The molecule has 0 aromatic rings. The molecule has 1 atom stereocenters. The first-order valence-electron chi connectivity index (χ1n) is 7.43. The van der Waals surface area contributed by atoms with E-state index in [1.54, 1.807) is 7.11 Å². The normalized spacial score (nSPS) is 19.1. The molecule has 0 bridgehead atoms. The Kier molecular flexibility index (Phi) is 11.3. The molecule has 9 heteroatoms. The van der Waals surface area contributed by atoms with Crippen LogP contribution in [-0.2, 0) is 14.8 Å². The number of hydrogen-bond donors (Lipinski definition) is 2. The molecule has 132 valence electrons. The van der Waals surface area contributed by atoms with Crippen LogP contribution in [0, 0.1) is 5.92 Å². The Morgan fingerprint density at radius 1 is 1.45 bits per heavy atom. The maximum Gasteiger partial charge on any atom is 0.208 e. The molecule has 7 nitrogen and oxygen atoms in total. The number of methoxy groups -OCH3 is 1. The van der Waals surface area contributed by atoms with Crippen LogP contribution in [0.25, 0.3) is 0 Å². The minimum Gasteiger partial charge on any atom is -0.384 e. The van der Waals surface area contributed by atoms with Gasteiger partial charge in [0.2, 0.25) is 10.0 Å². The summed E-state index contributed by atoms with van der Waals surface area (Å²) in [5.41, 5.74) is 0. The molecule has 0 amide bonds. The van der Waals surface area contributed by atoms with Crippen LogP contribution in [0.4, 0.5) is 0 Å². The molecule has 0 saturated carbocycles. The number of rotatable bonds is 8. The van der Waals surface area contributed by atoms with Crippen molar-refractivity contribution in [1.29, 1.82) is 0 Å². The first-order chi connectivity index (χ1) is 9.96. The van der Waals surface area contributed by atoms with Crippen LogP contribution in [0.3, 0.4) is 0 Å². The predicted molar refractivity (Wildman–Crippen MR) is 100 cm³/mol. The van der Waals surface area contributed by atoms with Crippen molar-refractivity contribution in [3.05, 3.63) is 0 Å². The zero-order chi connectivity index (χ0) is 15.7. The van der Waals surface area contributed by atoms with Crippen molar-refractivity contribution >= 4 is 40.0 Å². The number of guanidine groups is 1. The van der Waals surface area contributed by atoms with Crippen LogP contribution in [0.5, 0.6) is 0 Å². The summed E-state index contributed by atoms with van der Waals surface area (Å²) in [5.74, 6) is 1.47. The van der Waals surface area contributed by atoms with Crippen molar-refractivity contribution in [1.82, 2.24) is 14.9 Å². The minimum absolute atomic E-state index is 0. The summed E-state index contributed by atoms with van der Waals surface area (Å²) < 4.78 is 29.6. The van der Waals surface area contributed by atoms with Gasteiger partial charge in [-0.25, -0.2) is 13.1 Å². The first kappa shape index (κ1) is 21.9. The lowest BCUT2D eigenvalue weighted by atomic mass is 10.1. The van der Waals surface area contributed by atoms with Crippen molar-refractivity contribution in [2.45, 2.75) is 19.8 Å². The van der Waals surface area contributed by atoms with Crippen molar-refractivity contribution in [3.63, 3.8) is 0 Å². The van der Waals surface area contributed by atoms with Crippen molar-refractivity contribution in [3.8, 4) is 0 Å². The summed E-state index contributed by atoms with van der Waals surface area (Å²) in [6, 6.07) is 0. The molecule has 1 fully saturated rings. The molecule has 1 saturated heterocycles. The Bertz CT molecular complexity index is 431. The molecule has 22 heavy (non-hydrogen) atoms. The monoisotopic (exact) mass is 448 g/mol. The van der Waals surface area contributed by atoms with Crippen LogP contribution in [-0.4, -0.2) is 72.0 Å². The van der Waals surface area contributed by atoms with Gasteiger partial charge in [0.25, 0.3) is 0 Å². The van der Waals surface area contributed by atoms with E-state index in [-0.39, 0.29) is 24.0 Å². The van der Waals surface area contributed by atoms with Crippen LogP contribution in [0.2, 0.25) is 0 Å². The van der Waals surface area contributed by atoms with Gasteiger partial charge in [-0.1, -0.05) is 0 Å². The fourth-order valence-corrected chi connectivity index (χ4v) is 2.86. The van der Waals surface area contributed by atoms with Gasteiger partial charge in [-0.2, -0.15) is 0 Å². The third-order valence-corrected chi connectivity index (χ3v) is 4.01. The van der Waals surface area contributed by atoms with Crippen molar-refractivity contribution in [2.24, 2.45) is 10.9 Å². The molecule has 0 spiro atoms. The Morgan fingerprint density at radius 2 is 2.18 bits per heavy atom. The van der Waals surface area contributed by atoms with Gasteiger partial charge in [-0.3, -0.25) is 4.99 Å². The number of nitrogens with zero attached hydrogens (tertiary/aromatic N) is 2. The molecule has 0 radical (unpaired) electrons. The molecule has 0 aliphatic carbocycles. The van der Waals surface area contributed by atoms with E-state index in [9.17, 15) is 8.42 Å². The van der Waals surface area contributed by atoms with Crippen LogP contribution < -0.4 is 10.0 Å². The maximum absolute atomic E-state index is 11.0. The predicted octanol–water partition coefficient (Wildman–Crippen LogP) is 0.478. The average molecular weight is 448 g/mol. The molecular formula is C13H29IN4O3S. The largest absolute Gasteiger partial charge is 0.384 e. The SMILES string of the molecule is CCNC(=NCCCNS(C)(=O)=O)N1CCC(COC)C1.I. The topological polar surface area (TPSA) is 83.0 Å². The summed E-state index contributed by atoms with van der Waals surface area (Å²) in [7, 11) is -1.37. The fourth-order valence-electron chi connectivity index (χ4n) is 2.34. The number of likely N-dealkylation sites (tertiary alicyclic amines) is 1. The van der Waals surface area contributed by atoms with Crippen LogP contribution in [0.15, 0.2) is 4.99 Å². The lowest BCUT2D eigenvalue weighted by Crippen LogP contribution is -2.40. The standard InChI is InChI=1S/C13H28N4O3S.HI/c1-4-14-13(15-7-5-8-16-21(3,18)19)17-9-6-12(10-17)11-20-2;/h12,16H,4-11H2,1-3H3,(H,14,15);1H. The quantitative estimate of drug-likeness (QED) is 0.244. The Balaban J connectivity index is 0.00000441. The molecular weight excluding hydrogens is 419 g/mol. The van der Waals surface area contributed by atoms with E-state index in [0.717, 1.165) is 38.6 Å². The molecule has 1 unspecified atom stereocenters. The molecule has 1 aliphatic rings. The zero-order valence-electron chi connectivity index (χ0n) is 13.7. The van der Waals surface area contributed by atoms with Gasteiger partial charge >= 0.3 is 0 Å². The van der Waals surface area contributed by atoms with Crippen LogP contribution in [0.1, 0.15) is 19.8 Å². The summed E-state index contributed by atoms with van der Waals surface area (Å²) in [6.45, 7) is 6.64. The Labute approximate surface area is 151 Å². The first-order valence-corrected chi connectivity index (χ1v) is 9.32. The van der Waals surface area contributed by atoms with E-state index in [2.05, 4.69) is 19.9 Å². The molecule has 2 N–H and O–H groups in total. The van der Waals surface area contributed by atoms with Crippen molar-refractivity contribution < 1.29 is 13.2 Å². The van der Waals surface area contributed by atoms with Gasteiger partial charge in [0.15, 0.2) is 5.96 Å². The summed E-state index contributed by atoms with van der Waals surface area (Å²) in [4.78, 5) is 6.81. The smallest absolute Gasteiger partial charge is 0.208 e. The number of hydrogen-bond acceptors (Lipinski definition) is 4. The molecule has 0 aromatic carbocycles. The summed E-state index contributed by atoms with van der Waals surface area (Å²) >= 11 is 0. The number of ether oxygens (including phenoxy) is 1. The molecule has 0 aromatic heterocycles. The lowest BCUT2D eigenvalue weighted by Gasteiger charge is -2.21. The highest BCUT2D eigenvalue weighted by Crippen LogP contribution is 2.16. The minimum atomic E-state index is -3.10. The van der Waals surface area contributed by atoms with E-state index in [0.29, 0.717) is 25.4 Å². The van der Waals surface area contributed by atoms with E-state index in [4.69, 9.17) is 4.74 Å².